The van der Waals surface area contributed by atoms with Crippen LogP contribution < -0.4 is 21.7 Å². The third kappa shape index (κ3) is 5.54. The molecule has 0 radical (unpaired) electrons. The largest absolute Gasteiger partial charge is 0.395 e. The van der Waals surface area contributed by atoms with Gasteiger partial charge in [-0.1, -0.05) is 31.5 Å². The Morgan fingerprint density at radius 2 is 2.00 bits per heavy atom. The molecule has 1 aromatic carbocycles. The van der Waals surface area contributed by atoms with Crippen LogP contribution in [0.15, 0.2) is 35.7 Å². The number of primary amides is 1. The molecule has 3 rings (SSSR count). The van der Waals surface area contributed by atoms with Crippen molar-refractivity contribution < 1.29 is 18.8 Å². The van der Waals surface area contributed by atoms with Gasteiger partial charge < -0.3 is 16.8 Å². The van der Waals surface area contributed by atoms with Crippen LogP contribution in [0.25, 0.3) is 0 Å². The number of thiophene rings is 1. The Morgan fingerprint density at radius 3 is 2.56 bits per heavy atom. The summed E-state index contributed by atoms with van der Waals surface area (Å²) in [5.74, 6) is -2.35. The molecule has 0 aliphatic rings. The summed E-state index contributed by atoms with van der Waals surface area (Å²) in [6, 6.07) is 6.05. The van der Waals surface area contributed by atoms with Crippen LogP contribution in [0.1, 0.15) is 51.3 Å². The normalized spacial score (nSPS) is 11.9. The quantitative estimate of drug-likeness (QED) is 0.386. The van der Waals surface area contributed by atoms with Gasteiger partial charge in [-0.2, -0.15) is 4.37 Å². The molecule has 3 amide bonds. The van der Waals surface area contributed by atoms with Crippen molar-refractivity contribution in [1.82, 2.24) is 9.69 Å². The summed E-state index contributed by atoms with van der Waals surface area (Å²) >= 11 is 7.97. The number of carbonyl (C=O) groups excluding carboxylic acids is 3. The van der Waals surface area contributed by atoms with E-state index in [0.29, 0.717) is 28.9 Å². The van der Waals surface area contributed by atoms with Crippen LogP contribution in [0.4, 0.5) is 15.8 Å². The second-order valence-electron chi connectivity index (χ2n) is 7.80. The van der Waals surface area contributed by atoms with Gasteiger partial charge in [-0.15, -0.1) is 11.3 Å². The Balaban J connectivity index is 2.13. The molecule has 0 fully saturated rings. The summed E-state index contributed by atoms with van der Waals surface area (Å²) in [4.78, 5) is 40.5. The summed E-state index contributed by atoms with van der Waals surface area (Å²) in [6.45, 7) is 4.46. The number of halogens is 2. The van der Waals surface area contributed by atoms with Gasteiger partial charge in [0.25, 0.3) is 11.8 Å². The van der Waals surface area contributed by atoms with Gasteiger partial charge in [0.2, 0.25) is 5.91 Å². The average Bonchev–Trinajstić information content (AvgIpc) is 3.43. The third-order valence-electron chi connectivity index (χ3n) is 4.90. The molecule has 180 valence electrons. The first-order valence-corrected chi connectivity index (χ1v) is 12.3. The van der Waals surface area contributed by atoms with Crippen molar-refractivity contribution in [1.29, 1.82) is 0 Å². The summed E-state index contributed by atoms with van der Waals surface area (Å²) in [6.07, 6.45) is 0.739. The number of aromatic nitrogens is 1. The van der Waals surface area contributed by atoms with E-state index in [0.717, 1.165) is 12.5 Å². The van der Waals surface area contributed by atoms with Crippen LogP contribution in [0.5, 0.6) is 0 Å². The molecule has 8 nitrogen and oxygen atoms in total. The van der Waals surface area contributed by atoms with Crippen molar-refractivity contribution in [2.45, 2.75) is 26.3 Å². The van der Waals surface area contributed by atoms with Crippen LogP contribution in [-0.2, 0) is 4.79 Å². The van der Waals surface area contributed by atoms with Crippen molar-refractivity contribution in [3.8, 4) is 0 Å². The topological polar surface area (TPSA) is 131 Å². The minimum absolute atomic E-state index is 0.0780. The van der Waals surface area contributed by atoms with Crippen LogP contribution in [0.2, 0.25) is 5.02 Å². The predicted molar refractivity (Wildman–Crippen MR) is 133 cm³/mol. The highest BCUT2D eigenvalue weighted by Gasteiger charge is 2.36. The Bertz CT molecular complexity index is 1200. The number of benzene rings is 1. The van der Waals surface area contributed by atoms with Gasteiger partial charge in [0.05, 0.1) is 10.7 Å². The van der Waals surface area contributed by atoms with Crippen molar-refractivity contribution >= 4 is 63.6 Å². The van der Waals surface area contributed by atoms with Crippen molar-refractivity contribution in [3.63, 3.8) is 0 Å². The minimum atomic E-state index is -1.11. The molecule has 34 heavy (non-hydrogen) atoms. The smallest absolute Gasteiger partial charge is 0.273 e. The molecule has 1 atom stereocenters. The maximum atomic E-state index is 13.9. The van der Waals surface area contributed by atoms with E-state index in [9.17, 15) is 18.8 Å². The standard InChI is InChI=1S/C22H23ClFN5O3S2/c1-11(2)7-8-27-21(31)18(15-4-3-9-33-15)29(12-5-6-14(24)13(23)10-12)22(32)19-16(25)17(20(26)30)28-34-19/h3-6,9-11,18H,7-8,25H2,1-2H3,(H2,26,30)(H,27,31). The second-order valence-corrected chi connectivity index (χ2v) is 9.96. The van der Waals surface area contributed by atoms with Gasteiger partial charge >= 0.3 is 0 Å². The van der Waals surface area contributed by atoms with Crippen LogP contribution >= 0.6 is 34.5 Å². The van der Waals surface area contributed by atoms with E-state index >= 15 is 0 Å². The zero-order chi connectivity index (χ0) is 25.0. The second kappa shape index (κ2) is 10.9. The summed E-state index contributed by atoms with van der Waals surface area (Å²) in [5, 5.41) is 4.42. The lowest BCUT2D eigenvalue weighted by atomic mass is 10.1. The Labute approximate surface area is 208 Å². The van der Waals surface area contributed by atoms with E-state index in [1.165, 1.54) is 28.4 Å². The number of carbonyl (C=O) groups is 3. The molecule has 0 saturated heterocycles. The lowest BCUT2D eigenvalue weighted by molar-refractivity contribution is -0.122. The Hall–Kier alpha value is -3.02. The van der Waals surface area contributed by atoms with E-state index in [2.05, 4.69) is 9.69 Å². The monoisotopic (exact) mass is 523 g/mol. The van der Waals surface area contributed by atoms with Gasteiger partial charge in [-0.3, -0.25) is 19.3 Å². The molecule has 0 aliphatic carbocycles. The van der Waals surface area contributed by atoms with Crippen molar-refractivity contribution in [2.24, 2.45) is 11.7 Å². The van der Waals surface area contributed by atoms with Gasteiger partial charge in [0, 0.05) is 17.1 Å². The number of hydrogen-bond acceptors (Lipinski definition) is 7. The van der Waals surface area contributed by atoms with Crippen molar-refractivity contribution in [3.05, 3.63) is 62.0 Å². The van der Waals surface area contributed by atoms with Gasteiger partial charge in [-0.25, -0.2) is 4.39 Å². The lowest BCUT2D eigenvalue weighted by Crippen LogP contribution is -2.44. The third-order valence-corrected chi connectivity index (χ3v) is 6.96. The fourth-order valence-corrected chi connectivity index (χ4v) is 4.89. The number of nitrogens with one attached hydrogen (secondary N) is 1. The first-order chi connectivity index (χ1) is 16.1. The lowest BCUT2D eigenvalue weighted by Gasteiger charge is -2.30. The van der Waals surface area contributed by atoms with Crippen LogP contribution in [-0.4, -0.2) is 28.6 Å². The molecular weight excluding hydrogens is 501 g/mol. The van der Waals surface area contributed by atoms with Crippen molar-refractivity contribution in [2.75, 3.05) is 17.2 Å². The molecule has 2 heterocycles. The van der Waals surface area contributed by atoms with E-state index in [1.54, 1.807) is 17.5 Å². The molecular formula is C22H23ClFN5O3S2. The zero-order valence-corrected chi connectivity index (χ0v) is 20.8. The number of nitrogens with zero attached hydrogens (tertiary/aromatic N) is 2. The maximum absolute atomic E-state index is 13.9. The minimum Gasteiger partial charge on any atom is -0.395 e. The SMILES string of the molecule is CC(C)CCNC(=O)C(c1cccs1)N(C(=O)c1snc(C(N)=O)c1N)c1ccc(F)c(Cl)c1. The highest BCUT2D eigenvalue weighted by molar-refractivity contribution is 7.10. The van der Waals surface area contributed by atoms with Gasteiger partial charge in [0.1, 0.15) is 10.7 Å². The Kier molecular flexibility index (Phi) is 8.24. The fourth-order valence-electron chi connectivity index (χ4n) is 3.16. The summed E-state index contributed by atoms with van der Waals surface area (Å²) in [5.41, 5.74) is 11.0. The van der Waals surface area contributed by atoms with E-state index in [-0.39, 0.29) is 27.0 Å². The van der Waals surface area contributed by atoms with Gasteiger partial charge in [0.15, 0.2) is 11.7 Å². The first kappa shape index (κ1) is 25.6. The molecule has 0 aliphatic heterocycles. The molecule has 5 N–H and O–H groups in total. The Morgan fingerprint density at radius 1 is 1.26 bits per heavy atom. The molecule has 12 heteroatoms. The molecule has 0 saturated carbocycles. The van der Waals surface area contributed by atoms with Gasteiger partial charge in [-0.05, 0) is 53.5 Å². The molecule has 3 aromatic rings. The van der Waals surface area contributed by atoms with E-state index in [4.69, 9.17) is 23.1 Å². The molecule has 0 bridgehead atoms. The number of nitrogen functional groups attached to an aromatic ring is 1. The number of anilines is 2. The predicted octanol–water partition coefficient (Wildman–Crippen LogP) is 4.23. The number of hydrogen-bond donors (Lipinski definition) is 3. The highest BCUT2D eigenvalue weighted by Crippen LogP contribution is 2.36. The molecule has 0 spiro atoms. The maximum Gasteiger partial charge on any atom is 0.273 e. The van der Waals surface area contributed by atoms with E-state index < -0.39 is 29.6 Å². The van der Waals surface area contributed by atoms with E-state index in [1.807, 2.05) is 13.8 Å². The summed E-state index contributed by atoms with van der Waals surface area (Å²) < 4.78 is 17.8. The fraction of sp³-hybridized carbons (Fsp3) is 0.273. The number of amides is 3. The molecule has 2 aromatic heterocycles. The zero-order valence-electron chi connectivity index (χ0n) is 18.4. The number of rotatable bonds is 9. The highest BCUT2D eigenvalue weighted by atomic mass is 35.5. The summed E-state index contributed by atoms with van der Waals surface area (Å²) in [7, 11) is 0. The first-order valence-electron chi connectivity index (χ1n) is 10.3. The number of nitrogens with two attached hydrogens (primary N) is 2. The van der Waals surface area contributed by atoms with Crippen LogP contribution in [0.3, 0.4) is 0 Å². The molecule has 1 unspecified atom stereocenters. The van der Waals surface area contributed by atoms with Crippen LogP contribution in [0, 0.1) is 11.7 Å². The average molecular weight is 524 g/mol.